The van der Waals surface area contributed by atoms with Crippen LogP contribution in [0.4, 0.5) is 0 Å². The van der Waals surface area contributed by atoms with Gasteiger partial charge in [0.15, 0.2) is 0 Å². The molecule has 1 nitrogen and oxygen atoms in total. The lowest BCUT2D eigenvalue weighted by molar-refractivity contribution is 0.405. The van der Waals surface area contributed by atoms with Crippen molar-refractivity contribution >= 4 is 15.9 Å². The van der Waals surface area contributed by atoms with Gasteiger partial charge in [-0.25, -0.2) is 0 Å². The van der Waals surface area contributed by atoms with Gasteiger partial charge >= 0.3 is 0 Å². The van der Waals surface area contributed by atoms with Crippen molar-refractivity contribution in [3.05, 3.63) is 33.8 Å². The Hall–Kier alpha value is -0.340. The highest BCUT2D eigenvalue weighted by atomic mass is 79.9. The molecule has 0 saturated heterocycles. The van der Waals surface area contributed by atoms with E-state index in [1.165, 1.54) is 28.4 Å². The monoisotopic (exact) mass is 281 g/mol. The van der Waals surface area contributed by atoms with Crippen molar-refractivity contribution in [3.63, 3.8) is 0 Å². The Bertz CT molecular complexity index is 379. The molecule has 1 atom stereocenters. The normalized spacial score (nSPS) is 19.9. The molecule has 16 heavy (non-hydrogen) atoms. The Balaban J connectivity index is 2.12. The van der Waals surface area contributed by atoms with Crippen LogP contribution in [-0.4, -0.2) is 12.1 Å². The van der Waals surface area contributed by atoms with Crippen molar-refractivity contribution in [2.75, 3.05) is 6.54 Å². The molecule has 1 aliphatic rings. The number of aryl methyl sites for hydroxylation is 1. The molecule has 0 radical (unpaired) electrons. The predicted molar refractivity (Wildman–Crippen MR) is 73.0 cm³/mol. The molecular weight excluding hydrogens is 262 g/mol. The van der Waals surface area contributed by atoms with Gasteiger partial charge in [-0.1, -0.05) is 28.1 Å². The summed E-state index contributed by atoms with van der Waals surface area (Å²) in [4.78, 5) is 0. The Kier molecular flexibility index (Phi) is 3.41. The third kappa shape index (κ3) is 2.67. The van der Waals surface area contributed by atoms with E-state index in [4.69, 9.17) is 0 Å². The summed E-state index contributed by atoms with van der Waals surface area (Å²) in [6.45, 7) is 7.76. The van der Waals surface area contributed by atoms with Gasteiger partial charge in [0.1, 0.15) is 0 Å². The SMILES string of the molecule is CC(C)(C)NCC1CCc2cccc(Br)c21. The standard InChI is InChI=1S/C14H20BrN/c1-14(2,3)16-9-11-8-7-10-5-4-6-12(15)13(10)11/h4-6,11,16H,7-9H2,1-3H3. The van der Waals surface area contributed by atoms with Gasteiger partial charge in [0.05, 0.1) is 0 Å². The first kappa shape index (κ1) is 12.1. The zero-order valence-corrected chi connectivity index (χ0v) is 11.9. The molecular formula is C14H20BrN. The van der Waals surface area contributed by atoms with Crippen LogP contribution in [0.3, 0.4) is 0 Å². The van der Waals surface area contributed by atoms with Crippen molar-refractivity contribution < 1.29 is 0 Å². The van der Waals surface area contributed by atoms with E-state index >= 15 is 0 Å². The van der Waals surface area contributed by atoms with E-state index in [1.807, 2.05) is 0 Å². The second-order valence-electron chi connectivity index (χ2n) is 5.68. The van der Waals surface area contributed by atoms with Crippen molar-refractivity contribution in [3.8, 4) is 0 Å². The van der Waals surface area contributed by atoms with E-state index in [0.717, 1.165) is 6.54 Å². The molecule has 0 amide bonds. The molecule has 1 aromatic rings. The van der Waals surface area contributed by atoms with Gasteiger partial charge in [-0.3, -0.25) is 0 Å². The predicted octanol–water partition coefficient (Wildman–Crippen LogP) is 3.87. The summed E-state index contributed by atoms with van der Waals surface area (Å²) in [6, 6.07) is 6.56. The van der Waals surface area contributed by atoms with Gasteiger partial charge < -0.3 is 5.32 Å². The van der Waals surface area contributed by atoms with Crippen LogP contribution >= 0.6 is 15.9 Å². The minimum absolute atomic E-state index is 0.212. The van der Waals surface area contributed by atoms with Crippen LogP contribution in [0.25, 0.3) is 0 Å². The minimum atomic E-state index is 0.212. The molecule has 1 aromatic carbocycles. The molecule has 2 rings (SSSR count). The molecule has 0 fully saturated rings. The second-order valence-corrected chi connectivity index (χ2v) is 6.53. The Morgan fingerprint density at radius 1 is 1.38 bits per heavy atom. The molecule has 0 aliphatic heterocycles. The van der Waals surface area contributed by atoms with Gasteiger partial charge in [0.25, 0.3) is 0 Å². The number of nitrogens with one attached hydrogen (secondary N) is 1. The molecule has 0 aromatic heterocycles. The molecule has 2 heteroatoms. The highest BCUT2D eigenvalue weighted by molar-refractivity contribution is 9.10. The van der Waals surface area contributed by atoms with E-state index in [9.17, 15) is 0 Å². The fourth-order valence-corrected chi connectivity index (χ4v) is 3.10. The minimum Gasteiger partial charge on any atom is -0.311 e. The van der Waals surface area contributed by atoms with Gasteiger partial charge in [-0.15, -0.1) is 0 Å². The number of halogens is 1. The maximum Gasteiger partial charge on any atom is 0.0213 e. The Morgan fingerprint density at radius 2 is 2.12 bits per heavy atom. The zero-order valence-electron chi connectivity index (χ0n) is 10.3. The molecule has 1 unspecified atom stereocenters. The fourth-order valence-electron chi connectivity index (χ4n) is 2.36. The third-order valence-corrected chi connectivity index (χ3v) is 3.88. The molecule has 88 valence electrons. The molecule has 0 spiro atoms. The van der Waals surface area contributed by atoms with Gasteiger partial charge in [-0.05, 0) is 56.7 Å². The summed E-state index contributed by atoms with van der Waals surface area (Å²) >= 11 is 3.68. The van der Waals surface area contributed by atoms with Gasteiger partial charge in [-0.2, -0.15) is 0 Å². The third-order valence-electron chi connectivity index (χ3n) is 3.19. The molecule has 1 aliphatic carbocycles. The number of benzene rings is 1. The molecule has 0 saturated carbocycles. The summed E-state index contributed by atoms with van der Waals surface area (Å²) < 4.78 is 1.28. The van der Waals surface area contributed by atoms with Gasteiger partial charge in [0.2, 0.25) is 0 Å². The summed E-state index contributed by atoms with van der Waals surface area (Å²) in [7, 11) is 0. The summed E-state index contributed by atoms with van der Waals surface area (Å²) in [5.74, 6) is 0.671. The Labute approximate surface area is 107 Å². The second kappa shape index (κ2) is 4.50. The van der Waals surface area contributed by atoms with Crippen molar-refractivity contribution in [2.45, 2.75) is 45.1 Å². The first-order valence-electron chi connectivity index (χ1n) is 6.00. The van der Waals surface area contributed by atoms with E-state index in [0.29, 0.717) is 5.92 Å². The zero-order chi connectivity index (χ0) is 11.8. The van der Waals surface area contributed by atoms with Crippen molar-refractivity contribution in [1.82, 2.24) is 5.32 Å². The number of hydrogen-bond donors (Lipinski definition) is 1. The quantitative estimate of drug-likeness (QED) is 0.868. The van der Waals surface area contributed by atoms with Crippen LogP contribution < -0.4 is 5.32 Å². The van der Waals surface area contributed by atoms with Crippen LogP contribution in [0.1, 0.15) is 44.2 Å². The number of hydrogen-bond acceptors (Lipinski definition) is 1. The van der Waals surface area contributed by atoms with Crippen LogP contribution in [0.5, 0.6) is 0 Å². The highest BCUT2D eigenvalue weighted by Crippen LogP contribution is 2.37. The lowest BCUT2D eigenvalue weighted by Crippen LogP contribution is -2.38. The lowest BCUT2D eigenvalue weighted by Gasteiger charge is -2.24. The van der Waals surface area contributed by atoms with E-state index in [2.05, 4.69) is 60.2 Å². The van der Waals surface area contributed by atoms with E-state index in [-0.39, 0.29) is 5.54 Å². The topological polar surface area (TPSA) is 12.0 Å². The average molecular weight is 282 g/mol. The molecule has 0 bridgehead atoms. The lowest BCUT2D eigenvalue weighted by atomic mass is 9.99. The summed E-state index contributed by atoms with van der Waals surface area (Å²) in [6.07, 6.45) is 2.51. The van der Waals surface area contributed by atoms with Gasteiger partial charge in [0, 0.05) is 16.6 Å². The Morgan fingerprint density at radius 3 is 2.81 bits per heavy atom. The number of fused-ring (bicyclic) bond motifs is 1. The van der Waals surface area contributed by atoms with Crippen LogP contribution in [0, 0.1) is 0 Å². The summed E-state index contributed by atoms with van der Waals surface area (Å²) in [5, 5.41) is 3.61. The molecule has 0 heterocycles. The smallest absolute Gasteiger partial charge is 0.0213 e. The fraction of sp³-hybridized carbons (Fsp3) is 0.571. The largest absolute Gasteiger partial charge is 0.311 e. The van der Waals surface area contributed by atoms with Crippen LogP contribution in [0.2, 0.25) is 0 Å². The van der Waals surface area contributed by atoms with Crippen molar-refractivity contribution in [1.29, 1.82) is 0 Å². The van der Waals surface area contributed by atoms with E-state index in [1.54, 1.807) is 0 Å². The van der Waals surface area contributed by atoms with Crippen LogP contribution in [0.15, 0.2) is 22.7 Å². The van der Waals surface area contributed by atoms with Crippen LogP contribution in [-0.2, 0) is 6.42 Å². The maximum atomic E-state index is 3.68. The average Bonchev–Trinajstić information content (AvgIpc) is 2.58. The maximum absolute atomic E-state index is 3.68. The highest BCUT2D eigenvalue weighted by Gasteiger charge is 2.25. The molecule has 1 N–H and O–H groups in total. The summed E-state index contributed by atoms with van der Waals surface area (Å²) in [5.41, 5.74) is 3.26. The van der Waals surface area contributed by atoms with Crippen molar-refractivity contribution in [2.24, 2.45) is 0 Å². The number of rotatable bonds is 2. The first-order chi connectivity index (χ1) is 7.47. The first-order valence-corrected chi connectivity index (χ1v) is 6.79. The van der Waals surface area contributed by atoms with E-state index < -0.39 is 0 Å².